The van der Waals surface area contributed by atoms with Crippen molar-refractivity contribution >= 4 is 44.1 Å². The number of nitrogens with one attached hydrogen (secondary N) is 2. The third-order valence-electron chi connectivity index (χ3n) is 4.45. The van der Waals surface area contributed by atoms with Crippen LogP contribution in [0.5, 0.6) is 0 Å². The van der Waals surface area contributed by atoms with Crippen molar-refractivity contribution in [3.63, 3.8) is 0 Å². The zero-order chi connectivity index (χ0) is 23.3. The van der Waals surface area contributed by atoms with E-state index in [1.807, 2.05) is 6.92 Å². The Hall–Kier alpha value is -3.24. The molecule has 10 heteroatoms. The summed E-state index contributed by atoms with van der Waals surface area (Å²) in [5, 5.41) is 4.60. The van der Waals surface area contributed by atoms with Crippen molar-refractivity contribution in [3.8, 4) is 0 Å². The molecule has 0 aliphatic carbocycles. The minimum Gasteiger partial charge on any atom is -0.466 e. The van der Waals surface area contributed by atoms with Crippen LogP contribution < -0.4 is 10.0 Å². The Morgan fingerprint density at radius 3 is 2.50 bits per heavy atom. The molecule has 2 aromatic carbocycles. The number of thiazole rings is 1. The van der Waals surface area contributed by atoms with Gasteiger partial charge in [-0.05, 0) is 50.6 Å². The number of ether oxygens (including phenoxy) is 1. The lowest BCUT2D eigenvalue weighted by molar-refractivity contribution is -0.142. The lowest BCUT2D eigenvalue weighted by Crippen LogP contribution is -2.17. The van der Waals surface area contributed by atoms with Gasteiger partial charge in [-0.1, -0.05) is 23.8 Å². The summed E-state index contributed by atoms with van der Waals surface area (Å²) < 4.78 is 33.2. The second kappa shape index (κ2) is 9.92. The van der Waals surface area contributed by atoms with Gasteiger partial charge < -0.3 is 4.74 Å². The predicted octanol–water partition coefficient (Wildman–Crippen LogP) is 3.92. The molecule has 1 aromatic heterocycles. The Bertz CT molecular complexity index is 1230. The van der Waals surface area contributed by atoms with Gasteiger partial charge in [0.1, 0.15) is 0 Å². The number of sulfonamides is 1. The van der Waals surface area contributed by atoms with E-state index in [-0.39, 0.29) is 23.5 Å². The fraction of sp³-hybridized carbons (Fsp3) is 0.227. The van der Waals surface area contributed by atoms with Crippen LogP contribution in [0.4, 0.5) is 10.8 Å². The van der Waals surface area contributed by atoms with Gasteiger partial charge in [0.25, 0.3) is 15.9 Å². The fourth-order valence-corrected chi connectivity index (χ4v) is 4.87. The van der Waals surface area contributed by atoms with Crippen molar-refractivity contribution < 1.29 is 22.7 Å². The molecule has 168 valence electrons. The minimum absolute atomic E-state index is 0.00728. The van der Waals surface area contributed by atoms with E-state index in [1.165, 1.54) is 17.4 Å². The molecule has 1 amide bonds. The first kappa shape index (κ1) is 23.4. The van der Waals surface area contributed by atoms with Crippen molar-refractivity contribution in [1.29, 1.82) is 0 Å². The number of amides is 1. The summed E-state index contributed by atoms with van der Waals surface area (Å²) in [5.41, 5.74) is 2.60. The van der Waals surface area contributed by atoms with Gasteiger partial charge in [-0.15, -0.1) is 11.3 Å². The molecule has 32 heavy (non-hydrogen) atoms. The largest absolute Gasteiger partial charge is 0.466 e. The lowest BCUT2D eigenvalue weighted by Gasteiger charge is -2.12. The molecule has 0 atom stereocenters. The molecule has 0 radical (unpaired) electrons. The summed E-state index contributed by atoms with van der Waals surface area (Å²) in [4.78, 5) is 28.5. The van der Waals surface area contributed by atoms with E-state index < -0.39 is 21.9 Å². The molecule has 0 fully saturated rings. The highest BCUT2D eigenvalue weighted by molar-refractivity contribution is 7.92. The first-order valence-electron chi connectivity index (χ1n) is 9.79. The summed E-state index contributed by atoms with van der Waals surface area (Å²) in [6.45, 7) is 5.57. The number of aromatic nitrogens is 1. The van der Waals surface area contributed by atoms with Crippen molar-refractivity contribution in [2.75, 3.05) is 16.6 Å². The van der Waals surface area contributed by atoms with Crippen LogP contribution >= 0.6 is 11.3 Å². The van der Waals surface area contributed by atoms with E-state index in [2.05, 4.69) is 15.0 Å². The van der Waals surface area contributed by atoms with Gasteiger partial charge in [0.05, 0.1) is 23.6 Å². The molecule has 3 aromatic rings. The summed E-state index contributed by atoms with van der Waals surface area (Å²) in [5.74, 6) is -0.904. The Kier molecular flexibility index (Phi) is 7.26. The van der Waals surface area contributed by atoms with Crippen LogP contribution in [0.3, 0.4) is 0 Å². The van der Waals surface area contributed by atoms with Crippen LogP contribution in [-0.4, -0.2) is 31.9 Å². The molecule has 8 nitrogen and oxygen atoms in total. The highest BCUT2D eigenvalue weighted by Crippen LogP contribution is 2.23. The highest BCUT2D eigenvalue weighted by Gasteiger charge is 2.20. The third kappa shape index (κ3) is 5.92. The van der Waals surface area contributed by atoms with Crippen LogP contribution in [0.15, 0.2) is 52.7 Å². The normalized spacial score (nSPS) is 11.1. The average Bonchev–Trinajstić information content (AvgIpc) is 3.16. The molecule has 3 rings (SSSR count). The van der Waals surface area contributed by atoms with Crippen LogP contribution in [0.2, 0.25) is 0 Å². The van der Waals surface area contributed by atoms with E-state index >= 15 is 0 Å². The Morgan fingerprint density at radius 2 is 1.81 bits per heavy atom. The molecular weight excluding hydrogens is 450 g/mol. The smallest absolute Gasteiger partial charge is 0.311 e. The minimum atomic E-state index is -3.89. The third-order valence-corrected chi connectivity index (χ3v) is 6.78. The van der Waals surface area contributed by atoms with Crippen molar-refractivity contribution in [2.24, 2.45) is 0 Å². The average molecular weight is 474 g/mol. The topological polar surface area (TPSA) is 114 Å². The summed E-state index contributed by atoms with van der Waals surface area (Å²) in [6.07, 6.45) is 0.0117. The van der Waals surface area contributed by atoms with E-state index in [9.17, 15) is 18.0 Å². The zero-order valence-electron chi connectivity index (χ0n) is 17.8. The van der Waals surface area contributed by atoms with Crippen molar-refractivity contribution in [3.05, 3.63) is 70.2 Å². The number of carbonyl (C=O) groups excluding carboxylic acids is 2. The molecule has 0 aliphatic heterocycles. The number of carbonyl (C=O) groups is 2. The molecular formula is C22H23N3O5S2. The SMILES string of the molecule is CCOC(=O)Cc1csc(NC(=O)c2ccc(C)c(S(=O)(=O)Nc3ccc(C)cc3)c2)n1. The second-order valence-corrected chi connectivity index (χ2v) is 9.54. The molecule has 0 saturated heterocycles. The van der Waals surface area contributed by atoms with E-state index in [4.69, 9.17) is 4.74 Å². The molecule has 0 saturated carbocycles. The predicted molar refractivity (Wildman–Crippen MR) is 124 cm³/mol. The maximum absolute atomic E-state index is 12.9. The Balaban J connectivity index is 1.76. The fourth-order valence-electron chi connectivity index (χ4n) is 2.84. The molecule has 0 aliphatic rings. The standard InChI is InChI=1S/C22H23N3O5S2/c1-4-30-20(26)12-18-13-31-22(23-18)24-21(27)16-8-7-15(3)19(11-16)32(28,29)25-17-9-5-14(2)6-10-17/h5-11,13,25H,4,12H2,1-3H3,(H,23,24,27). The van der Waals surface area contributed by atoms with Gasteiger partial charge in [-0.2, -0.15) is 0 Å². The van der Waals surface area contributed by atoms with Gasteiger partial charge in [-0.25, -0.2) is 13.4 Å². The van der Waals surface area contributed by atoms with E-state index in [0.29, 0.717) is 22.1 Å². The summed E-state index contributed by atoms with van der Waals surface area (Å²) >= 11 is 1.17. The number of nitrogens with zero attached hydrogens (tertiary/aromatic N) is 1. The zero-order valence-corrected chi connectivity index (χ0v) is 19.5. The molecule has 0 spiro atoms. The Morgan fingerprint density at radius 1 is 1.09 bits per heavy atom. The lowest BCUT2D eigenvalue weighted by atomic mass is 10.1. The molecule has 0 bridgehead atoms. The first-order valence-corrected chi connectivity index (χ1v) is 12.2. The molecule has 0 unspecified atom stereocenters. The number of rotatable bonds is 8. The van der Waals surface area contributed by atoms with Crippen LogP contribution in [-0.2, 0) is 26.0 Å². The van der Waals surface area contributed by atoms with E-state index in [0.717, 1.165) is 5.56 Å². The number of esters is 1. The number of anilines is 2. The summed E-state index contributed by atoms with van der Waals surface area (Å²) in [6, 6.07) is 11.4. The maximum Gasteiger partial charge on any atom is 0.311 e. The van der Waals surface area contributed by atoms with Gasteiger partial charge in [-0.3, -0.25) is 19.6 Å². The number of benzene rings is 2. The van der Waals surface area contributed by atoms with E-state index in [1.54, 1.807) is 55.6 Å². The van der Waals surface area contributed by atoms with Crippen molar-refractivity contribution in [1.82, 2.24) is 4.98 Å². The molecule has 1 heterocycles. The quantitative estimate of drug-likeness (QED) is 0.479. The first-order chi connectivity index (χ1) is 15.2. The van der Waals surface area contributed by atoms with Crippen LogP contribution in [0.1, 0.15) is 34.1 Å². The number of aryl methyl sites for hydroxylation is 2. The van der Waals surface area contributed by atoms with Gasteiger partial charge >= 0.3 is 5.97 Å². The van der Waals surface area contributed by atoms with Crippen LogP contribution in [0, 0.1) is 13.8 Å². The van der Waals surface area contributed by atoms with Crippen LogP contribution in [0.25, 0.3) is 0 Å². The van der Waals surface area contributed by atoms with Crippen molar-refractivity contribution in [2.45, 2.75) is 32.1 Å². The monoisotopic (exact) mass is 473 g/mol. The Labute approximate surface area is 190 Å². The number of hydrogen-bond donors (Lipinski definition) is 2. The highest BCUT2D eigenvalue weighted by atomic mass is 32.2. The van der Waals surface area contributed by atoms with Gasteiger partial charge in [0, 0.05) is 16.6 Å². The summed E-state index contributed by atoms with van der Waals surface area (Å²) in [7, 11) is -3.89. The number of hydrogen-bond acceptors (Lipinski definition) is 7. The maximum atomic E-state index is 12.9. The van der Waals surface area contributed by atoms with Gasteiger partial charge in [0.15, 0.2) is 5.13 Å². The van der Waals surface area contributed by atoms with Gasteiger partial charge in [0.2, 0.25) is 0 Å². The second-order valence-electron chi connectivity index (χ2n) is 7.03. The molecule has 2 N–H and O–H groups in total.